The molecule has 0 aromatic heterocycles. The molecule has 0 aliphatic carbocycles. The molecule has 0 radical (unpaired) electrons. The van der Waals surface area contributed by atoms with Crippen molar-refractivity contribution in [3.63, 3.8) is 0 Å². The summed E-state index contributed by atoms with van der Waals surface area (Å²) < 4.78 is 11.1. The fourth-order valence-electron chi connectivity index (χ4n) is 2.59. The van der Waals surface area contributed by atoms with Gasteiger partial charge in [-0.3, -0.25) is 9.59 Å². The fourth-order valence-corrected chi connectivity index (χ4v) is 2.59. The van der Waals surface area contributed by atoms with Crippen LogP contribution in [0.4, 0.5) is 0 Å². The largest absolute Gasteiger partial charge is 0.488 e. The smallest absolute Gasteiger partial charge is 0.257 e. The lowest BCUT2D eigenvalue weighted by atomic mass is 10.1. The number of nitrogens with zero attached hydrogens (tertiary/aromatic N) is 1. The van der Waals surface area contributed by atoms with Crippen LogP contribution in [-0.4, -0.2) is 43.4 Å². The van der Waals surface area contributed by atoms with Crippen molar-refractivity contribution in [1.82, 2.24) is 4.90 Å². The second-order valence-electron chi connectivity index (χ2n) is 5.55. The number of carbonyl (C=O) groups excluding carboxylic acids is 2. The van der Waals surface area contributed by atoms with Crippen LogP contribution >= 0.6 is 0 Å². The summed E-state index contributed by atoms with van der Waals surface area (Å²) in [4.78, 5) is 25.6. The van der Waals surface area contributed by atoms with E-state index in [-0.39, 0.29) is 5.91 Å². The Labute approximate surface area is 140 Å². The van der Waals surface area contributed by atoms with Gasteiger partial charge in [0, 0.05) is 18.7 Å². The third-order valence-corrected chi connectivity index (χ3v) is 3.91. The van der Waals surface area contributed by atoms with Gasteiger partial charge in [-0.05, 0) is 23.8 Å². The number of amides is 1. The van der Waals surface area contributed by atoms with Crippen molar-refractivity contribution in [2.24, 2.45) is 0 Å². The first-order valence-electron chi connectivity index (χ1n) is 7.91. The molecule has 0 atom stereocenters. The highest BCUT2D eigenvalue weighted by Gasteiger charge is 2.22. The van der Waals surface area contributed by atoms with Gasteiger partial charge >= 0.3 is 0 Å². The molecular weight excluding hydrogens is 306 g/mol. The Kier molecular flexibility index (Phi) is 5.23. The summed E-state index contributed by atoms with van der Waals surface area (Å²) in [5, 5.41) is 0. The van der Waals surface area contributed by atoms with Crippen molar-refractivity contribution in [2.75, 3.05) is 26.3 Å². The molecule has 1 aliphatic heterocycles. The highest BCUT2D eigenvalue weighted by Crippen LogP contribution is 2.23. The Hall–Kier alpha value is -2.66. The maximum Gasteiger partial charge on any atom is 0.257 e. The summed E-state index contributed by atoms with van der Waals surface area (Å²) in [5.41, 5.74) is 1.89. The first-order chi connectivity index (χ1) is 11.8. The number of morpholine rings is 1. The first-order valence-corrected chi connectivity index (χ1v) is 7.91. The van der Waals surface area contributed by atoms with Crippen molar-refractivity contribution in [3.05, 3.63) is 65.2 Å². The van der Waals surface area contributed by atoms with E-state index < -0.39 is 0 Å². The van der Waals surface area contributed by atoms with E-state index in [2.05, 4.69) is 0 Å². The number of hydrogen-bond donors (Lipinski definition) is 0. The number of hydrogen-bond acceptors (Lipinski definition) is 4. The number of carbonyl (C=O) groups is 2. The van der Waals surface area contributed by atoms with Gasteiger partial charge < -0.3 is 14.4 Å². The summed E-state index contributed by atoms with van der Waals surface area (Å²) in [7, 11) is 0. The monoisotopic (exact) mass is 325 g/mol. The molecule has 0 bridgehead atoms. The van der Waals surface area contributed by atoms with E-state index in [0.717, 1.165) is 11.8 Å². The molecule has 1 fully saturated rings. The molecule has 0 unspecified atom stereocenters. The molecule has 1 amide bonds. The highest BCUT2D eigenvalue weighted by molar-refractivity contribution is 5.98. The topological polar surface area (TPSA) is 55.8 Å². The number of benzene rings is 2. The zero-order valence-corrected chi connectivity index (χ0v) is 13.3. The standard InChI is InChI=1S/C19H19NO4/c21-13-16-6-7-18(24-14-15-4-2-1-3-5-15)17(12-16)19(22)20-8-10-23-11-9-20/h1-7,12-13H,8-11,14H2. The molecule has 5 nitrogen and oxygen atoms in total. The highest BCUT2D eigenvalue weighted by atomic mass is 16.5. The summed E-state index contributed by atoms with van der Waals surface area (Å²) in [6.07, 6.45) is 0.733. The van der Waals surface area contributed by atoms with Crippen molar-refractivity contribution in [2.45, 2.75) is 6.61 Å². The molecule has 1 saturated heterocycles. The normalized spacial score (nSPS) is 14.2. The molecule has 1 aliphatic rings. The number of rotatable bonds is 5. The van der Waals surface area contributed by atoms with E-state index in [1.165, 1.54) is 0 Å². The lowest BCUT2D eigenvalue weighted by Gasteiger charge is -2.27. The molecule has 24 heavy (non-hydrogen) atoms. The van der Waals surface area contributed by atoms with Gasteiger partial charge in [0.15, 0.2) is 0 Å². The maximum atomic E-state index is 12.8. The SMILES string of the molecule is O=Cc1ccc(OCc2ccccc2)c(C(=O)N2CCOCC2)c1. The van der Waals surface area contributed by atoms with Gasteiger partial charge in [0.2, 0.25) is 0 Å². The zero-order chi connectivity index (χ0) is 16.8. The van der Waals surface area contributed by atoms with Crippen LogP contribution in [0.25, 0.3) is 0 Å². The van der Waals surface area contributed by atoms with Gasteiger partial charge in [0.05, 0.1) is 18.8 Å². The van der Waals surface area contributed by atoms with Gasteiger partial charge in [0.25, 0.3) is 5.91 Å². The van der Waals surface area contributed by atoms with Gasteiger partial charge in [-0.25, -0.2) is 0 Å². The summed E-state index contributed by atoms with van der Waals surface area (Å²) in [6, 6.07) is 14.7. The third kappa shape index (κ3) is 3.81. The van der Waals surface area contributed by atoms with E-state index in [9.17, 15) is 9.59 Å². The quantitative estimate of drug-likeness (QED) is 0.793. The second kappa shape index (κ2) is 7.75. The van der Waals surface area contributed by atoms with Crippen LogP contribution in [0.3, 0.4) is 0 Å². The van der Waals surface area contributed by atoms with Gasteiger partial charge in [0.1, 0.15) is 18.6 Å². The van der Waals surface area contributed by atoms with Crippen molar-refractivity contribution >= 4 is 12.2 Å². The summed E-state index contributed by atoms with van der Waals surface area (Å²) in [6.45, 7) is 2.51. The first kappa shape index (κ1) is 16.2. The average molecular weight is 325 g/mol. The van der Waals surface area contributed by atoms with Crippen LogP contribution < -0.4 is 4.74 Å². The number of ether oxygens (including phenoxy) is 2. The minimum atomic E-state index is -0.134. The van der Waals surface area contributed by atoms with Crippen LogP contribution in [0.2, 0.25) is 0 Å². The minimum absolute atomic E-state index is 0.134. The van der Waals surface area contributed by atoms with E-state index in [0.29, 0.717) is 49.8 Å². The van der Waals surface area contributed by atoms with Gasteiger partial charge in [-0.15, -0.1) is 0 Å². The molecule has 124 valence electrons. The summed E-state index contributed by atoms with van der Waals surface area (Å²) in [5.74, 6) is 0.353. The zero-order valence-electron chi connectivity index (χ0n) is 13.3. The molecular formula is C19H19NO4. The van der Waals surface area contributed by atoms with Crippen LogP contribution in [0.5, 0.6) is 5.75 Å². The molecule has 0 saturated carbocycles. The van der Waals surface area contributed by atoms with Gasteiger partial charge in [-0.1, -0.05) is 30.3 Å². The lowest BCUT2D eigenvalue weighted by molar-refractivity contribution is 0.0300. The minimum Gasteiger partial charge on any atom is -0.488 e. The third-order valence-electron chi connectivity index (χ3n) is 3.91. The second-order valence-corrected chi connectivity index (χ2v) is 5.55. The maximum absolute atomic E-state index is 12.8. The Morgan fingerprint density at radius 2 is 1.88 bits per heavy atom. The van der Waals surface area contributed by atoms with Crippen LogP contribution in [-0.2, 0) is 11.3 Å². The Morgan fingerprint density at radius 1 is 1.12 bits per heavy atom. The molecule has 0 spiro atoms. The molecule has 2 aromatic rings. The van der Waals surface area contributed by atoms with Crippen molar-refractivity contribution in [1.29, 1.82) is 0 Å². The average Bonchev–Trinajstić information content (AvgIpc) is 2.67. The molecule has 5 heteroatoms. The Morgan fingerprint density at radius 3 is 2.58 bits per heavy atom. The summed E-state index contributed by atoms with van der Waals surface area (Å²) >= 11 is 0. The molecule has 0 N–H and O–H groups in total. The Balaban J connectivity index is 1.82. The lowest BCUT2D eigenvalue weighted by Crippen LogP contribution is -2.40. The van der Waals surface area contributed by atoms with E-state index in [1.54, 1.807) is 23.1 Å². The van der Waals surface area contributed by atoms with E-state index in [4.69, 9.17) is 9.47 Å². The predicted octanol–water partition coefficient (Wildman–Crippen LogP) is 2.55. The van der Waals surface area contributed by atoms with Crippen molar-refractivity contribution in [3.8, 4) is 5.75 Å². The fraction of sp³-hybridized carbons (Fsp3) is 0.263. The molecule has 3 rings (SSSR count). The molecule has 2 aromatic carbocycles. The van der Waals surface area contributed by atoms with Gasteiger partial charge in [-0.2, -0.15) is 0 Å². The molecule has 1 heterocycles. The van der Waals surface area contributed by atoms with Crippen molar-refractivity contribution < 1.29 is 19.1 Å². The van der Waals surface area contributed by atoms with Crippen LogP contribution in [0.1, 0.15) is 26.3 Å². The van der Waals surface area contributed by atoms with Crippen LogP contribution in [0.15, 0.2) is 48.5 Å². The predicted molar refractivity (Wildman–Crippen MR) is 89.3 cm³/mol. The van der Waals surface area contributed by atoms with E-state index >= 15 is 0 Å². The Bertz CT molecular complexity index is 709. The van der Waals surface area contributed by atoms with Crippen LogP contribution in [0, 0.1) is 0 Å². The van der Waals surface area contributed by atoms with E-state index in [1.807, 2.05) is 30.3 Å². The number of aldehydes is 1.